The summed E-state index contributed by atoms with van der Waals surface area (Å²) in [4.78, 5) is 0. The Morgan fingerprint density at radius 1 is 0.343 bits per heavy atom. The predicted molar refractivity (Wildman–Crippen MR) is 303 cm³/mol. The molecule has 2 nitrogen and oxygen atoms in total. The standard InChI is InChI=1S/C67H71BN2/c1-61(2,3)36-20-23-48-43(27-36)44-28-37(62(4,5)6)21-24-49(44)67(48)50-25-26-54-56-60(50)70-57-46(29-39(32-51(57)67)64(10,11)12)47-31-41(66(16,17)18)34-53(59(47)70)68(56)52-33-40(65(13,14)15)30-45-42-22-19-38(63(7,8)9)35-55(42)69(54)58(45)52/h19-35H,1-18H3. The zero-order valence-corrected chi connectivity index (χ0v) is 45.3. The second kappa shape index (κ2) is 13.0. The summed E-state index contributed by atoms with van der Waals surface area (Å²) in [6.07, 6.45) is 0. The molecule has 352 valence electrons. The van der Waals surface area contributed by atoms with Crippen molar-refractivity contribution in [2.24, 2.45) is 0 Å². The minimum Gasteiger partial charge on any atom is -0.310 e. The van der Waals surface area contributed by atoms with Crippen LogP contribution in [0.1, 0.15) is 180 Å². The quantitative estimate of drug-likeness (QED) is 0.134. The predicted octanol–water partition coefficient (Wildman–Crippen LogP) is 15.5. The van der Waals surface area contributed by atoms with E-state index in [1.54, 1.807) is 0 Å². The maximum Gasteiger partial charge on any atom is 0.252 e. The summed E-state index contributed by atoms with van der Waals surface area (Å²) in [5.41, 5.74) is 28.4. The van der Waals surface area contributed by atoms with Crippen LogP contribution in [0.2, 0.25) is 0 Å². The summed E-state index contributed by atoms with van der Waals surface area (Å²) in [6.45, 7) is 43.0. The minimum atomic E-state index is -0.568. The van der Waals surface area contributed by atoms with Gasteiger partial charge in [-0.3, -0.25) is 0 Å². The van der Waals surface area contributed by atoms with Crippen LogP contribution >= 0.6 is 0 Å². The molecule has 1 spiro atoms. The number of benzene rings is 7. The Labute approximate surface area is 417 Å². The van der Waals surface area contributed by atoms with Gasteiger partial charge in [-0.2, -0.15) is 0 Å². The van der Waals surface area contributed by atoms with Gasteiger partial charge in [0.25, 0.3) is 6.71 Å². The Bertz CT molecular complexity index is 3810. The lowest BCUT2D eigenvalue weighted by Gasteiger charge is -2.44. The van der Waals surface area contributed by atoms with Crippen molar-refractivity contribution in [2.75, 3.05) is 0 Å². The molecule has 7 aromatic carbocycles. The van der Waals surface area contributed by atoms with Crippen molar-refractivity contribution >= 4 is 66.7 Å². The van der Waals surface area contributed by atoms with Crippen LogP contribution < -0.4 is 16.4 Å². The maximum atomic E-state index is 2.80. The molecule has 2 aromatic heterocycles. The summed E-state index contributed by atoms with van der Waals surface area (Å²) in [5.74, 6) is 0. The molecule has 0 radical (unpaired) electrons. The van der Waals surface area contributed by atoms with E-state index in [1.807, 2.05) is 0 Å². The molecule has 13 rings (SSSR count). The molecule has 70 heavy (non-hydrogen) atoms. The Balaban J connectivity index is 1.30. The Morgan fingerprint density at radius 2 is 0.757 bits per heavy atom. The highest BCUT2D eigenvalue weighted by molar-refractivity contribution is 7.00. The van der Waals surface area contributed by atoms with Crippen molar-refractivity contribution in [3.63, 3.8) is 0 Å². The third-order valence-corrected chi connectivity index (χ3v) is 17.6. The minimum absolute atomic E-state index is 0.00125. The van der Waals surface area contributed by atoms with Crippen LogP contribution in [0.15, 0.2) is 103 Å². The second-order valence-corrected chi connectivity index (χ2v) is 28.3. The summed E-state index contributed by atoms with van der Waals surface area (Å²) in [6, 6.07) is 43.4. The lowest BCUT2D eigenvalue weighted by molar-refractivity contribution is 0.587. The third-order valence-electron chi connectivity index (χ3n) is 17.6. The fourth-order valence-corrected chi connectivity index (χ4v) is 13.5. The summed E-state index contributed by atoms with van der Waals surface area (Å²) in [5, 5.41) is 5.48. The van der Waals surface area contributed by atoms with Crippen LogP contribution in [-0.4, -0.2) is 15.8 Å². The van der Waals surface area contributed by atoms with Crippen LogP contribution in [-0.2, 0) is 37.9 Å². The molecule has 0 atom stereocenters. The Morgan fingerprint density at radius 3 is 1.26 bits per heavy atom. The van der Waals surface area contributed by atoms with E-state index in [1.165, 1.54) is 138 Å². The van der Waals surface area contributed by atoms with Gasteiger partial charge in [0.1, 0.15) is 0 Å². The largest absolute Gasteiger partial charge is 0.310 e. The van der Waals surface area contributed by atoms with E-state index in [2.05, 4.69) is 237 Å². The SMILES string of the molecule is CC(C)(C)c1ccc2c(c1)-c1cc(C(C)(C)C)ccc1C21c2ccc3c4c2-n2c5c(cc(C(C)(C)C)cc5c5cc(C(C)(C)C)cc1c52)B4c1cc(C(C)(C)C)cc2c4ccc(C(C)(C)C)cc4n-3c12. The molecule has 1 aliphatic carbocycles. The first-order chi connectivity index (χ1) is 32.5. The molecular formula is C67H71BN2. The zero-order valence-electron chi connectivity index (χ0n) is 45.3. The fraction of sp³-hybridized carbons (Fsp3) is 0.373. The number of hydrogen-bond donors (Lipinski definition) is 0. The van der Waals surface area contributed by atoms with Crippen molar-refractivity contribution in [1.82, 2.24) is 9.13 Å². The van der Waals surface area contributed by atoms with Gasteiger partial charge in [-0.05, 0) is 146 Å². The van der Waals surface area contributed by atoms with Gasteiger partial charge in [0, 0.05) is 44.0 Å². The number of hydrogen-bond acceptors (Lipinski definition) is 0. The molecule has 9 aromatic rings. The Kier molecular flexibility index (Phi) is 8.20. The number of nitrogens with zero attached hydrogens (tertiary/aromatic N) is 2. The van der Waals surface area contributed by atoms with Crippen molar-refractivity contribution in [2.45, 2.75) is 163 Å². The number of fused-ring (bicyclic) bond motifs is 14. The molecule has 3 heteroatoms. The van der Waals surface area contributed by atoms with Gasteiger partial charge in [0.2, 0.25) is 0 Å². The molecule has 0 amide bonds. The molecule has 0 unspecified atom stereocenters. The van der Waals surface area contributed by atoms with E-state index in [9.17, 15) is 0 Å². The highest BCUT2D eigenvalue weighted by Crippen LogP contribution is 2.63. The molecule has 0 N–H and O–H groups in total. The van der Waals surface area contributed by atoms with Crippen LogP contribution in [0, 0.1) is 0 Å². The van der Waals surface area contributed by atoms with Gasteiger partial charge in [-0.1, -0.05) is 197 Å². The maximum absolute atomic E-state index is 2.80. The lowest BCUT2D eigenvalue weighted by atomic mass is 9.33. The first-order valence-electron chi connectivity index (χ1n) is 26.3. The van der Waals surface area contributed by atoms with Crippen LogP contribution in [0.3, 0.4) is 0 Å². The van der Waals surface area contributed by atoms with Gasteiger partial charge < -0.3 is 9.13 Å². The fourth-order valence-electron chi connectivity index (χ4n) is 13.5. The van der Waals surface area contributed by atoms with E-state index in [-0.39, 0.29) is 39.2 Å². The monoisotopic (exact) mass is 915 g/mol. The van der Waals surface area contributed by atoms with Crippen LogP contribution in [0.25, 0.3) is 66.1 Å². The molecule has 4 aliphatic rings. The van der Waals surface area contributed by atoms with Gasteiger partial charge in [0.05, 0.1) is 16.4 Å². The summed E-state index contributed by atoms with van der Waals surface area (Å²) < 4.78 is 5.51. The zero-order chi connectivity index (χ0) is 49.7. The number of rotatable bonds is 0. The van der Waals surface area contributed by atoms with Crippen molar-refractivity contribution in [1.29, 1.82) is 0 Å². The topological polar surface area (TPSA) is 9.86 Å². The molecular weight excluding hydrogens is 844 g/mol. The van der Waals surface area contributed by atoms with Gasteiger partial charge in [0.15, 0.2) is 0 Å². The molecule has 0 saturated heterocycles. The van der Waals surface area contributed by atoms with E-state index in [0.29, 0.717) is 0 Å². The van der Waals surface area contributed by atoms with E-state index >= 15 is 0 Å². The van der Waals surface area contributed by atoms with Gasteiger partial charge in [-0.15, -0.1) is 0 Å². The van der Waals surface area contributed by atoms with Crippen molar-refractivity contribution in [3.8, 4) is 22.5 Å². The average molecular weight is 915 g/mol. The molecule has 5 heterocycles. The second-order valence-electron chi connectivity index (χ2n) is 28.3. The van der Waals surface area contributed by atoms with E-state index < -0.39 is 5.41 Å². The third kappa shape index (κ3) is 5.48. The van der Waals surface area contributed by atoms with Crippen LogP contribution in [0.4, 0.5) is 0 Å². The van der Waals surface area contributed by atoms with Crippen molar-refractivity contribution in [3.05, 3.63) is 159 Å². The molecule has 0 bridgehead atoms. The summed E-state index contributed by atoms with van der Waals surface area (Å²) in [7, 11) is 0. The summed E-state index contributed by atoms with van der Waals surface area (Å²) >= 11 is 0. The average Bonchev–Trinajstić information content (AvgIpc) is 3.88. The molecule has 3 aliphatic heterocycles. The van der Waals surface area contributed by atoms with E-state index in [0.717, 1.165) is 0 Å². The highest BCUT2D eigenvalue weighted by Gasteiger charge is 2.55. The molecule has 0 saturated carbocycles. The first kappa shape index (κ1) is 44.2. The normalized spacial score (nSPS) is 15.7. The van der Waals surface area contributed by atoms with Gasteiger partial charge in [-0.25, -0.2) is 0 Å². The van der Waals surface area contributed by atoms with Gasteiger partial charge >= 0.3 is 0 Å². The van der Waals surface area contributed by atoms with Crippen molar-refractivity contribution < 1.29 is 0 Å². The lowest BCUT2D eigenvalue weighted by Crippen LogP contribution is -2.60. The number of aromatic nitrogens is 2. The highest BCUT2D eigenvalue weighted by atomic mass is 15.1. The first-order valence-corrected chi connectivity index (χ1v) is 26.3. The smallest absolute Gasteiger partial charge is 0.252 e. The Hall–Kier alpha value is -5.80. The van der Waals surface area contributed by atoms with Crippen LogP contribution in [0.5, 0.6) is 0 Å². The van der Waals surface area contributed by atoms with E-state index in [4.69, 9.17) is 0 Å². The molecule has 0 fully saturated rings.